The number of rotatable bonds is 4. The molecule has 0 N–H and O–H groups in total. The van der Waals surface area contributed by atoms with Gasteiger partial charge >= 0.3 is 0 Å². The van der Waals surface area contributed by atoms with Crippen molar-refractivity contribution in [2.75, 3.05) is 46.0 Å². The van der Waals surface area contributed by atoms with Crippen molar-refractivity contribution in [2.24, 2.45) is 5.92 Å². The van der Waals surface area contributed by atoms with Gasteiger partial charge in [-0.15, -0.1) is 0 Å². The van der Waals surface area contributed by atoms with E-state index in [0.29, 0.717) is 23.6 Å². The van der Waals surface area contributed by atoms with E-state index in [-0.39, 0.29) is 12.5 Å². The fraction of sp³-hybridized carbons (Fsp3) is 0.733. The summed E-state index contributed by atoms with van der Waals surface area (Å²) in [6.07, 6.45) is 0. The number of ether oxygens (including phenoxy) is 2. The molecule has 2 aliphatic heterocycles. The summed E-state index contributed by atoms with van der Waals surface area (Å²) in [5.74, 6) is 1.51. The van der Waals surface area contributed by atoms with Gasteiger partial charge in [0.05, 0.1) is 13.2 Å². The van der Waals surface area contributed by atoms with Crippen molar-refractivity contribution >= 4 is 5.91 Å². The van der Waals surface area contributed by atoms with Crippen LogP contribution in [0.4, 0.5) is 0 Å². The summed E-state index contributed by atoms with van der Waals surface area (Å²) in [5.41, 5.74) is 0. The monoisotopic (exact) mass is 309 g/mol. The standard InChI is InChI=1S/C15H23N3O4/c1-11-8-18(9-13(11)17-3-5-20-6-4-17)15(19)10-21-14-7-12(2)22-16-14/h7,11,13H,3-6,8-10H2,1-2H3. The van der Waals surface area contributed by atoms with Crippen LogP contribution in [0.1, 0.15) is 12.7 Å². The molecule has 7 nitrogen and oxygen atoms in total. The Labute approximate surface area is 130 Å². The molecule has 2 fully saturated rings. The maximum atomic E-state index is 12.3. The van der Waals surface area contributed by atoms with Gasteiger partial charge < -0.3 is 18.9 Å². The van der Waals surface area contributed by atoms with Crippen LogP contribution in [0.3, 0.4) is 0 Å². The number of likely N-dealkylation sites (tertiary alicyclic amines) is 1. The van der Waals surface area contributed by atoms with E-state index >= 15 is 0 Å². The predicted octanol–water partition coefficient (Wildman–Crippen LogP) is 0.541. The third kappa shape index (κ3) is 3.41. The molecule has 0 bridgehead atoms. The van der Waals surface area contributed by atoms with Crippen molar-refractivity contribution in [1.82, 2.24) is 15.0 Å². The Hall–Kier alpha value is -1.60. The van der Waals surface area contributed by atoms with Crippen molar-refractivity contribution in [2.45, 2.75) is 19.9 Å². The van der Waals surface area contributed by atoms with Gasteiger partial charge in [0.1, 0.15) is 5.76 Å². The SMILES string of the molecule is Cc1cc(OCC(=O)N2CC(C)C(N3CCOCC3)C2)no1. The van der Waals surface area contributed by atoms with E-state index in [9.17, 15) is 4.79 Å². The van der Waals surface area contributed by atoms with Gasteiger partial charge in [0.15, 0.2) is 6.61 Å². The Morgan fingerprint density at radius 2 is 2.18 bits per heavy atom. The first-order valence-corrected chi connectivity index (χ1v) is 7.79. The minimum absolute atomic E-state index is 0.00302. The molecule has 3 rings (SSSR count). The summed E-state index contributed by atoms with van der Waals surface area (Å²) in [7, 11) is 0. The topological polar surface area (TPSA) is 68.0 Å². The van der Waals surface area contributed by atoms with E-state index in [0.717, 1.165) is 39.4 Å². The maximum absolute atomic E-state index is 12.3. The molecule has 1 amide bonds. The lowest BCUT2D eigenvalue weighted by Gasteiger charge is -2.33. The largest absolute Gasteiger partial charge is 0.465 e. The number of morpholine rings is 1. The van der Waals surface area contributed by atoms with E-state index in [2.05, 4.69) is 17.0 Å². The van der Waals surface area contributed by atoms with Crippen LogP contribution in [0.25, 0.3) is 0 Å². The van der Waals surface area contributed by atoms with E-state index in [1.54, 1.807) is 13.0 Å². The number of carbonyl (C=O) groups is 1. The highest BCUT2D eigenvalue weighted by molar-refractivity contribution is 5.78. The highest BCUT2D eigenvalue weighted by Crippen LogP contribution is 2.23. The lowest BCUT2D eigenvalue weighted by atomic mass is 10.0. The first-order valence-electron chi connectivity index (χ1n) is 7.79. The van der Waals surface area contributed by atoms with Gasteiger partial charge in [0.25, 0.3) is 11.8 Å². The van der Waals surface area contributed by atoms with Gasteiger partial charge in [-0.2, -0.15) is 0 Å². The van der Waals surface area contributed by atoms with Crippen LogP contribution in [0.5, 0.6) is 5.88 Å². The molecule has 2 atom stereocenters. The molecule has 1 aromatic heterocycles. The fourth-order valence-corrected chi connectivity index (χ4v) is 3.18. The van der Waals surface area contributed by atoms with Crippen molar-refractivity contribution < 1.29 is 18.8 Å². The number of aromatic nitrogens is 1. The first kappa shape index (κ1) is 15.3. The van der Waals surface area contributed by atoms with Crippen LogP contribution < -0.4 is 4.74 Å². The first-order chi connectivity index (χ1) is 10.6. The second-order valence-corrected chi connectivity index (χ2v) is 6.06. The van der Waals surface area contributed by atoms with Crippen molar-refractivity contribution in [1.29, 1.82) is 0 Å². The molecule has 3 heterocycles. The van der Waals surface area contributed by atoms with Crippen LogP contribution in [-0.4, -0.2) is 72.9 Å². The van der Waals surface area contributed by atoms with E-state index < -0.39 is 0 Å². The molecule has 22 heavy (non-hydrogen) atoms. The number of aryl methyl sites for hydroxylation is 1. The van der Waals surface area contributed by atoms with Crippen LogP contribution in [-0.2, 0) is 9.53 Å². The summed E-state index contributed by atoms with van der Waals surface area (Å²) in [5, 5.41) is 3.73. The van der Waals surface area contributed by atoms with E-state index in [1.165, 1.54) is 0 Å². The van der Waals surface area contributed by atoms with Gasteiger partial charge in [-0.25, -0.2) is 0 Å². The molecule has 2 saturated heterocycles. The van der Waals surface area contributed by atoms with Crippen LogP contribution in [0.2, 0.25) is 0 Å². The Morgan fingerprint density at radius 3 is 2.86 bits per heavy atom. The van der Waals surface area contributed by atoms with Crippen LogP contribution in [0, 0.1) is 12.8 Å². The highest BCUT2D eigenvalue weighted by Gasteiger charge is 2.36. The van der Waals surface area contributed by atoms with Crippen LogP contribution in [0.15, 0.2) is 10.6 Å². The number of hydrogen-bond donors (Lipinski definition) is 0. The predicted molar refractivity (Wildman–Crippen MR) is 78.7 cm³/mol. The van der Waals surface area contributed by atoms with E-state index in [1.807, 2.05) is 4.90 Å². The van der Waals surface area contributed by atoms with Crippen molar-refractivity contribution in [3.63, 3.8) is 0 Å². The smallest absolute Gasteiger partial charge is 0.260 e. The number of amides is 1. The molecule has 0 aliphatic carbocycles. The molecule has 2 unspecified atom stereocenters. The molecule has 7 heteroatoms. The average Bonchev–Trinajstić information content (AvgIpc) is 3.12. The highest BCUT2D eigenvalue weighted by atomic mass is 16.5. The molecule has 0 spiro atoms. The zero-order valence-electron chi connectivity index (χ0n) is 13.2. The lowest BCUT2D eigenvalue weighted by Crippen LogP contribution is -2.47. The zero-order chi connectivity index (χ0) is 15.5. The Bertz CT molecular complexity index is 513. The molecule has 0 saturated carbocycles. The zero-order valence-corrected chi connectivity index (χ0v) is 13.2. The second kappa shape index (κ2) is 6.66. The number of hydrogen-bond acceptors (Lipinski definition) is 6. The number of carbonyl (C=O) groups excluding carboxylic acids is 1. The van der Waals surface area contributed by atoms with Gasteiger partial charge in [-0.1, -0.05) is 6.92 Å². The summed E-state index contributed by atoms with van der Waals surface area (Å²) < 4.78 is 15.7. The van der Waals surface area contributed by atoms with Crippen molar-refractivity contribution in [3.8, 4) is 5.88 Å². The molecule has 122 valence electrons. The third-order valence-electron chi connectivity index (χ3n) is 4.39. The van der Waals surface area contributed by atoms with Gasteiger partial charge in [-0.05, 0) is 18.0 Å². The maximum Gasteiger partial charge on any atom is 0.260 e. The normalized spacial score (nSPS) is 26.4. The Kier molecular flexibility index (Phi) is 4.63. The second-order valence-electron chi connectivity index (χ2n) is 6.06. The fourth-order valence-electron chi connectivity index (χ4n) is 3.18. The Balaban J connectivity index is 1.51. The molecule has 1 aromatic rings. The van der Waals surface area contributed by atoms with Gasteiger partial charge in [0.2, 0.25) is 0 Å². The summed E-state index contributed by atoms with van der Waals surface area (Å²) in [6.45, 7) is 9.01. The average molecular weight is 309 g/mol. The minimum Gasteiger partial charge on any atom is -0.465 e. The minimum atomic E-state index is 0.00302. The number of nitrogens with zero attached hydrogens (tertiary/aromatic N) is 3. The van der Waals surface area contributed by atoms with Gasteiger partial charge in [-0.3, -0.25) is 9.69 Å². The van der Waals surface area contributed by atoms with Crippen molar-refractivity contribution in [3.05, 3.63) is 11.8 Å². The molecular weight excluding hydrogens is 286 g/mol. The lowest BCUT2D eigenvalue weighted by molar-refractivity contribution is -0.132. The summed E-state index contributed by atoms with van der Waals surface area (Å²) in [4.78, 5) is 16.6. The van der Waals surface area contributed by atoms with E-state index in [4.69, 9.17) is 14.0 Å². The van der Waals surface area contributed by atoms with Crippen LogP contribution >= 0.6 is 0 Å². The molecule has 0 aromatic carbocycles. The quantitative estimate of drug-likeness (QED) is 0.809. The molecular formula is C15H23N3O4. The summed E-state index contributed by atoms with van der Waals surface area (Å²) >= 11 is 0. The summed E-state index contributed by atoms with van der Waals surface area (Å²) in [6, 6.07) is 2.10. The molecule has 0 radical (unpaired) electrons. The Morgan fingerprint density at radius 1 is 1.41 bits per heavy atom. The third-order valence-corrected chi connectivity index (χ3v) is 4.39. The molecule has 2 aliphatic rings. The van der Waals surface area contributed by atoms with Gasteiger partial charge in [0, 0.05) is 38.3 Å².